The molecule has 4 rings (SSSR count). The topological polar surface area (TPSA) is 53.5 Å². The number of benzene rings is 1. The van der Waals surface area contributed by atoms with Crippen molar-refractivity contribution in [2.45, 2.75) is 37.2 Å². The predicted molar refractivity (Wildman–Crippen MR) is 108 cm³/mol. The Labute approximate surface area is 167 Å². The molecule has 2 atom stereocenters. The van der Waals surface area contributed by atoms with E-state index in [1.807, 2.05) is 30.3 Å². The highest BCUT2D eigenvalue weighted by Gasteiger charge is 2.53. The summed E-state index contributed by atoms with van der Waals surface area (Å²) in [6, 6.07) is 12.4. The van der Waals surface area contributed by atoms with E-state index >= 15 is 0 Å². The summed E-state index contributed by atoms with van der Waals surface area (Å²) in [5, 5.41) is 0.614. The monoisotopic (exact) mass is 401 g/mol. The van der Waals surface area contributed by atoms with Gasteiger partial charge in [-0.2, -0.15) is 0 Å². The van der Waals surface area contributed by atoms with Crippen molar-refractivity contribution in [1.29, 1.82) is 0 Å². The number of nitrogens with zero attached hydrogens (tertiary/aromatic N) is 3. The van der Waals surface area contributed by atoms with E-state index < -0.39 is 6.04 Å². The third-order valence-corrected chi connectivity index (χ3v) is 6.94. The summed E-state index contributed by atoms with van der Waals surface area (Å²) in [5.41, 5.74) is 1.54. The van der Waals surface area contributed by atoms with E-state index in [-0.39, 0.29) is 16.7 Å². The number of anilines is 1. The zero-order valence-corrected chi connectivity index (χ0v) is 16.5. The fraction of sp³-hybridized carbons (Fsp3) is 0.350. The Morgan fingerprint density at radius 1 is 1.33 bits per heavy atom. The fourth-order valence-electron chi connectivity index (χ4n) is 3.75. The van der Waals surface area contributed by atoms with Gasteiger partial charge in [-0.25, -0.2) is 0 Å². The SMILES string of the molecule is C[C@]12CCC(=O)N1[C@H](C(=O)N(Cc1ccccn1)c1ccc(Cl)cc1)CS2. The van der Waals surface area contributed by atoms with E-state index in [0.717, 1.165) is 17.8 Å². The van der Waals surface area contributed by atoms with Crippen LogP contribution < -0.4 is 4.90 Å². The van der Waals surface area contributed by atoms with E-state index in [1.165, 1.54) is 0 Å². The van der Waals surface area contributed by atoms with Crippen LogP contribution >= 0.6 is 23.4 Å². The van der Waals surface area contributed by atoms with Gasteiger partial charge in [-0.1, -0.05) is 17.7 Å². The normalized spacial score (nSPS) is 24.1. The number of carbonyl (C=O) groups is 2. The van der Waals surface area contributed by atoms with Crippen LogP contribution in [0, 0.1) is 0 Å². The van der Waals surface area contributed by atoms with Gasteiger partial charge in [0.2, 0.25) is 5.91 Å². The molecule has 3 heterocycles. The highest BCUT2D eigenvalue weighted by atomic mass is 35.5. The number of thioether (sulfide) groups is 1. The lowest BCUT2D eigenvalue weighted by Gasteiger charge is -2.33. The Morgan fingerprint density at radius 3 is 2.81 bits per heavy atom. The third-order valence-electron chi connectivity index (χ3n) is 5.18. The van der Waals surface area contributed by atoms with Gasteiger partial charge in [-0.05, 0) is 49.7 Å². The summed E-state index contributed by atoms with van der Waals surface area (Å²) in [7, 11) is 0. The van der Waals surface area contributed by atoms with Crippen LogP contribution in [0.4, 0.5) is 5.69 Å². The Kier molecular flexibility index (Phi) is 4.86. The third kappa shape index (κ3) is 3.44. The van der Waals surface area contributed by atoms with Crippen molar-refractivity contribution in [1.82, 2.24) is 9.88 Å². The van der Waals surface area contributed by atoms with E-state index in [0.29, 0.717) is 23.7 Å². The van der Waals surface area contributed by atoms with Crippen LogP contribution in [0.3, 0.4) is 0 Å². The molecule has 2 aromatic rings. The summed E-state index contributed by atoms with van der Waals surface area (Å²) in [5.74, 6) is 0.608. The van der Waals surface area contributed by atoms with Gasteiger partial charge in [0.1, 0.15) is 6.04 Å². The van der Waals surface area contributed by atoms with Crippen LogP contribution in [0.1, 0.15) is 25.5 Å². The highest BCUT2D eigenvalue weighted by molar-refractivity contribution is 8.01. The number of aromatic nitrogens is 1. The van der Waals surface area contributed by atoms with Crippen LogP contribution in [-0.4, -0.2) is 38.4 Å². The van der Waals surface area contributed by atoms with Gasteiger partial charge in [-0.3, -0.25) is 14.6 Å². The number of hydrogen-bond acceptors (Lipinski definition) is 4. The van der Waals surface area contributed by atoms with E-state index in [1.54, 1.807) is 39.9 Å². The molecule has 0 N–H and O–H groups in total. The molecule has 140 valence electrons. The fourth-order valence-corrected chi connectivity index (χ4v) is 5.30. The molecule has 7 heteroatoms. The molecule has 0 aliphatic carbocycles. The van der Waals surface area contributed by atoms with Gasteiger partial charge in [-0.15, -0.1) is 11.8 Å². The van der Waals surface area contributed by atoms with Gasteiger partial charge >= 0.3 is 0 Å². The first-order chi connectivity index (χ1) is 13.0. The number of carbonyl (C=O) groups excluding carboxylic acids is 2. The minimum absolute atomic E-state index is 0.0646. The maximum atomic E-state index is 13.5. The molecule has 2 aliphatic heterocycles. The summed E-state index contributed by atoms with van der Waals surface area (Å²) < 4.78 is 0. The van der Waals surface area contributed by atoms with Crippen LogP contribution in [0.15, 0.2) is 48.7 Å². The molecule has 5 nitrogen and oxygen atoms in total. The van der Waals surface area contributed by atoms with Crippen molar-refractivity contribution in [3.63, 3.8) is 0 Å². The molecule has 0 spiro atoms. The number of pyridine rings is 1. The molecule has 2 aliphatic rings. The van der Waals surface area contributed by atoms with Crippen molar-refractivity contribution in [3.05, 3.63) is 59.4 Å². The Morgan fingerprint density at radius 2 is 2.11 bits per heavy atom. The lowest BCUT2D eigenvalue weighted by atomic mass is 10.1. The average Bonchev–Trinajstić information content (AvgIpc) is 3.17. The van der Waals surface area contributed by atoms with Crippen molar-refractivity contribution in [2.24, 2.45) is 0 Å². The molecule has 0 bridgehead atoms. The van der Waals surface area contributed by atoms with Gasteiger partial charge in [0, 0.05) is 29.1 Å². The summed E-state index contributed by atoms with van der Waals surface area (Å²) in [4.78, 5) is 33.6. The Bertz CT molecular complexity index is 861. The molecular formula is C20H20ClN3O2S. The van der Waals surface area contributed by atoms with Crippen molar-refractivity contribution in [3.8, 4) is 0 Å². The highest BCUT2D eigenvalue weighted by Crippen LogP contribution is 2.47. The van der Waals surface area contributed by atoms with Crippen molar-refractivity contribution < 1.29 is 9.59 Å². The minimum atomic E-state index is -0.450. The predicted octanol–water partition coefficient (Wildman–Crippen LogP) is 3.72. The zero-order valence-electron chi connectivity index (χ0n) is 15.0. The van der Waals surface area contributed by atoms with Crippen LogP contribution in [0.5, 0.6) is 0 Å². The summed E-state index contributed by atoms with van der Waals surface area (Å²) in [6.45, 7) is 2.41. The molecule has 27 heavy (non-hydrogen) atoms. The average molecular weight is 402 g/mol. The van der Waals surface area contributed by atoms with Crippen molar-refractivity contribution in [2.75, 3.05) is 10.7 Å². The molecular weight excluding hydrogens is 382 g/mol. The smallest absolute Gasteiger partial charge is 0.251 e. The van der Waals surface area contributed by atoms with Crippen LogP contribution in [-0.2, 0) is 16.1 Å². The number of halogens is 1. The second-order valence-electron chi connectivity index (χ2n) is 6.99. The molecule has 0 unspecified atom stereocenters. The van der Waals surface area contributed by atoms with Gasteiger partial charge in [0.05, 0.1) is 17.1 Å². The van der Waals surface area contributed by atoms with Gasteiger partial charge in [0.25, 0.3) is 5.91 Å². The maximum Gasteiger partial charge on any atom is 0.251 e. The largest absolute Gasteiger partial charge is 0.315 e. The first-order valence-electron chi connectivity index (χ1n) is 8.91. The molecule has 2 amide bonds. The van der Waals surface area contributed by atoms with Gasteiger partial charge < -0.3 is 9.80 Å². The Balaban J connectivity index is 1.66. The summed E-state index contributed by atoms with van der Waals surface area (Å²) >= 11 is 7.72. The van der Waals surface area contributed by atoms with Crippen LogP contribution in [0.25, 0.3) is 0 Å². The zero-order chi connectivity index (χ0) is 19.0. The lowest BCUT2D eigenvalue weighted by molar-refractivity contribution is -0.136. The number of hydrogen-bond donors (Lipinski definition) is 0. The molecule has 2 fully saturated rings. The van der Waals surface area contributed by atoms with E-state index in [9.17, 15) is 9.59 Å². The first-order valence-corrected chi connectivity index (χ1v) is 10.3. The number of fused-ring (bicyclic) bond motifs is 1. The van der Waals surface area contributed by atoms with E-state index in [2.05, 4.69) is 11.9 Å². The number of amides is 2. The standard InChI is InChI=1S/C20H20ClN3O2S/c1-20-10-9-18(25)24(20)17(13-27-20)19(26)23(12-15-4-2-3-11-22-15)16-7-5-14(21)6-8-16/h2-8,11,17H,9-10,12-13H2,1H3/t17-,20-/m0/s1. The van der Waals surface area contributed by atoms with Gasteiger partial charge in [0.15, 0.2) is 0 Å². The second kappa shape index (κ2) is 7.17. The lowest BCUT2D eigenvalue weighted by Crippen LogP contribution is -2.51. The Hall–Kier alpha value is -2.05. The second-order valence-corrected chi connectivity index (χ2v) is 8.93. The molecule has 1 aromatic carbocycles. The first kappa shape index (κ1) is 18.3. The molecule has 2 saturated heterocycles. The van der Waals surface area contributed by atoms with E-state index in [4.69, 9.17) is 11.6 Å². The quantitative estimate of drug-likeness (QED) is 0.783. The maximum absolute atomic E-state index is 13.5. The van der Waals surface area contributed by atoms with Crippen LogP contribution in [0.2, 0.25) is 5.02 Å². The molecule has 0 radical (unpaired) electrons. The summed E-state index contributed by atoms with van der Waals surface area (Å²) in [6.07, 6.45) is 3.02. The molecule has 1 aromatic heterocycles. The van der Waals surface area contributed by atoms with Crippen molar-refractivity contribution >= 4 is 40.9 Å². The number of rotatable bonds is 4. The minimum Gasteiger partial charge on any atom is -0.315 e. The molecule has 0 saturated carbocycles.